The first kappa shape index (κ1) is 14.4. The molecule has 1 saturated heterocycles. The molecule has 0 amide bonds. The van der Waals surface area contributed by atoms with Gasteiger partial charge in [0.1, 0.15) is 5.42 Å². The summed E-state index contributed by atoms with van der Waals surface area (Å²) >= 11 is 1.90. The van der Waals surface area contributed by atoms with Crippen molar-refractivity contribution in [2.45, 2.75) is 25.1 Å². The molecule has 19 heavy (non-hydrogen) atoms. The Hall–Kier alpha value is -0.970. The van der Waals surface area contributed by atoms with Crippen molar-refractivity contribution < 1.29 is 9.52 Å². The van der Waals surface area contributed by atoms with E-state index in [0.717, 1.165) is 22.9 Å². The summed E-state index contributed by atoms with van der Waals surface area (Å²) < 4.78 is 5.44. The second-order valence-electron chi connectivity index (χ2n) is 4.72. The average Bonchev–Trinajstić information content (AvgIpc) is 2.92. The van der Waals surface area contributed by atoms with Crippen molar-refractivity contribution in [1.29, 1.82) is 0 Å². The SMILES string of the molecule is C/C=c1/cco/c1=C/C=C(\C)C1CNC(CO)CS1. The molecule has 0 aromatic carbocycles. The molecule has 4 heteroatoms. The van der Waals surface area contributed by atoms with Gasteiger partial charge < -0.3 is 14.8 Å². The molecule has 0 radical (unpaired) electrons. The summed E-state index contributed by atoms with van der Waals surface area (Å²) in [5.41, 5.74) is 2.23. The molecule has 2 N–H and O–H groups in total. The maximum atomic E-state index is 9.09. The van der Waals surface area contributed by atoms with Gasteiger partial charge in [0, 0.05) is 28.8 Å². The maximum Gasteiger partial charge on any atom is 0.133 e. The number of rotatable bonds is 3. The minimum atomic E-state index is 0.219. The van der Waals surface area contributed by atoms with E-state index >= 15 is 0 Å². The van der Waals surface area contributed by atoms with E-state index in [0.29, 0.717) is 5.25 Å². The lowest BCUT2D eigenvalue weighted by molar-refractivity contribution is 0.252. The van der Waals surface area contributed by atoms with Crippen LogP contribution in [0.25, 0.3) is 12.2 Å². The lowest BCUT2D eigenvalue weighted by atomic mass is 10.1. The van der Waals surface area contributed by atoms with Gasteiger partial charge in [-0.3, -0.25) is 0 Å². The molecule has 0 saturated carbocycles. The van der Waals surface area contributed by atoms with E-state index in [9.17, 15) is 0 Å². The summed E-state index contributed by atoms with van der Waals surface area (Å²) in [6.07, 6.45) is 7.92. The predicted octanol–water partition coefficient (Wildman–Crippen LogP) is 0.873. The molecule has 1 aromatic rings. The standard InChI is InChI=1S/C15H21NO2S/c1-3-12-6-7-18-14(12)5-4-11(2)15-8-16-13(9-17)10-19-15/h3-7,13,15-17H,8-10H2,1-2H3/b11-4+,12-3-,14-5+. The monoisotopic (exact) mass is 279 g/mol. The van der Waals surface area contributed by atoms with Crippen molar-refractivity contribution in [2.24, 2.45) is 0 Å². The Morgan fingerprint density at radius 2 is 2.47 bits per heavy atom. The molecular formula is C15H21NO2S. The number of allylic oxidation sites excluding steroid dienone is 1. The summed E-state index contributed by atoms with van der Waals surface area (Å²) in [7, 11) is 0. The lowest BCUT2D eigenvalue weighted by Crippen LogP contribution is -2.44. The van der Waals surface area contributed by atoms with Gasteiger partial charge in [-0.05, 0) is 26.0 Å². The van der Waals surface area contributed by atoms with Crippen LogP contribution in [0.4, 0.5) is 0 Å². The first-order valence-corrected chi connectivity index (χ1v) is 7.63. The normalized spacial score (nSPS) is 27.0. The number of hydrogen-bond donors (Lipinski definition) is 2. The molecule has 0 aliphatic carbocycles. The molecule has 1 aliphatic rings. The Bertz CT molecular complexity index is 539. The van der Waals surface area contributed by atoms with Crippen LogP contribution in [0.2, 0.25) is 0 Å². The first-order chi connectivity index (χ1) is 9.24. The second-order valence-corrected chi connectivity index (χ2v) is 5.95. The highest BCUT2D eigenvalue weighted by molar-refractivity contribution is 8.00. The molecule has 2 heterocycles. The molecule has 2 atom stereocenters. The van der Waals surface area contributed by atoms with Crippen molar-refractivity contribution in [3.8, 4) is 0 Å². The van der Waals surface area contributed by atoms with E-state index in [2.05, 4.69) is 18.3 Å². The molecule has 1 aliphatic heterocycles. The summed E-state index contributed by atoms with van der Waals surface area (Å²) in [6.45, 7) is 5.29. The van der Waals surface area contributed by atoms with Gasteiger partial charge in [-0.25, -0.2) is 0 Å². The predicted molar refractivity (Wildman–Crippen MR) is 81.4 cm³/mol. The van der Waals surface area contributed by atoms with Crippen LogP contribution in [0.3, 0.4) is 0 Å². The number of aliphatic hydroxyl groups is 1. The van der Waals surface area contributed by atoms with Gasteiger partial charge >= 0.3 is 0 Å². The Morgan fingerprint density at radius 1 is 1.63 bits per heavy atom. The van der Waals surface area contributed by atoms with Crippen LogP contribution in [0, 0.1) is 0 Å². The fourth-order valence-corrected chi connectivity index (χ4v) is 3.30. The molecular weight excluding hydrogens is 258 g/mol. The largest absolute Gasteiger partial charge is 0.464 e. The zero-order valence-electron chi connectivity index (χ0n) is 11.4. The van der Waals surface area contributed by atoms with E-state index in [1.54, 1.807) is 6.26 Å². The van der Waals surface area contributed by atoms with Gasteiger partial charge in [0.05, 0.1) is 12.9 Å². The quantitative estimate of drug-likeness (QED) is 0.862. The van der Waals surface area contributed by atoms with Crippen molar-refractivity contribution in [3.63, 3.8) is 0 Å². The molecule has 1 aromatic heterocycles. The number of hydrogen-bond acceptors (Lipinski definition) is 4. The van der Waals surface area contributed by atoms with Crippen molar-refractivity contribution in [3.05, 3.63) is 34.6 Å². The number of aliphatic hydroxyl groups excluding tert-OH is 1. The van der Waals surface area contributed by atoms with Gasteiger partial charge in [0.25, 0.3) is 0 Å². The smallest absolute Gasteiger partial charge is 0.133 e. The Morgan fingerprint density at radius 3 is 3.11 bits per heavy atom. The van der Waals surface area contributed by atoms with E-state index < -0.39 is 0 Å². The lowest BCUT2D eigenvalue weighted by Gasteiger charge is -2.28. The molecule has 2 rings (SSSR count). The van der Waals surface area contributed by atoms with E-state index in [1.807, 2.05) is 36.9 Å². The molecule has 104 valence electrons. The van der Waals surface area contributed by atoms with E-state index in [1.165, 1.54) is 5.57 Å². The Kier molecular flexibility index (Phi) is 5.31. The maximum absolute atomic E-state index is 9.09. The van der Waals surface area contributed by atoms with Crippen LogP contribution in [0.15, 0.2) is 28.4 Å². The zero-order valence-corrected chi connectivity index (χ0v) is 12.2. The van der Waals surface area contributed by atoms with Crippen molar-refractivity contribution in [1.82, 2.24) is 5.32 Å². The van der Waals surface area contributed by atoms with Crippen molar-refractivity contribution in [2.75, 3.05) is 18.9 Å². The average molecular weight is 279 g/mol. The van der Waals surface area contributed by atoms with Crippen LogP contribution in [-0.4, -0.2) is 35.3 Å². The van der Waals surface area contributed by atoms with Gasteiger partial charge in [0.2, 0.25) is 0 Å². The van der Waals surface area contributed by atoms with Gasteiger partial charge in [0.15, 0.2) is 0 Å². The number of thioether (sulfide) groups is 1. The molecule has 3 nitrogen and oxygen atoms in total. The second kappa shape index (κ2) is 6.98. The van der Waals surface area contributed by atoms with Crippen molar-refractivity contribution >= 4 is 23.9 Å². The summed E-state index contributed by atoms with van der Waals surface area (Å²) in [5, 5.41) is 14.0. The van der Waals surface area contributed by atoms with Gasteiger partial charge in [-0.1, -0.05) is 17.7 Å². The van der Waals surface area contributed by atoms with Gasteiger partial charge in [-0.15, -0.1) is 0 Å². The van der Waals surface area contributed by atoms with Crippen LogP contribution < -0.4 is 16.0 Å². The fourth-order valence-electron chi connectivity index (χ4n) is 2.05. The number of furan rings is 1. The minimum absolute atomic E-state index is 0.219. The first-order valence-electron chi connectivity index (χ1n) is 6.58. The minimum Gasteiger partial charge on any atom is -0.464 e. The topological polar surface area (TPSA) is 45.4 Å². The summed E-state index contributed by atoms with van der Waals surface area (Å²) in [4.78, 5) is 0. The molecule has 0 spiro atoms. The molecule has 2 unspecified atom stereocenters. The highest BCUT2D eigenvalue weighted by Crippen LogP contribution is 2.23. The van der Waals surface area contributed by atoms with E-state index in [-0.39, 0.29) is 12.6 Å². The fraction of sp³-hybridized carbons (Fsp3) is 0.467. The van der Waals surface area contributed by atoms with Gasteiger partial charge in [-0.2, -0.15) is 11.8 Å². The van der Waals surface area contributed by atoms with Crippen LogP contribution >= 0.6 is 11.8 Å². The Balaban J connectivity index is 2.06. The number of nitrogens with one attached hydrogen (secondary N) is 1. The molecule has 1 fully saturated rings. The highest BCUT2D eigenvalue weighted by atomic mass is 32.2. The third-order valence-corrected chi connectivity index (χ3v) is 4.89. The third kappa shape index (κ3) is 3.75. The Labute approximate surface area is 118 Å². The highest BCUT2D eigenvalue weighted by Gasteiger charge is 2.20. The van der Waals surface area contributed by atoms with E-state index in [4.69, 9.17) is 9.52 Å². The third-order valence-electron chi connectivity index (χ3n) is 3.35. The summed E-state index contributed by atoms with van der Waals surface area (Å²) in [5.74, 6) is 0.959. The van der Waals surface area contributed by atoms with Crippen LogP contribution in [0.1, 0.15) is 13.8 Å². The van der Waals surface area contributed by atoms with Crippen LogP contribution in [0.5, 0.6) is 0 Å². The molecule has 0 bridgehead atoms. The van der Waals surface area contributed by atoms with Crippen LogP contribution in [-0.2, 0) is 0 Å². The zero-order chi connectivity index (χ0) is 13.7. The summed E-state index contributed by atoms with van der Waals surface area (Å²) in [6, 6.07) is 2.21.